The Morgan fingerprint density at radius 2 is 2.00 bits per heavy atom. The van der Waals surface area contributed by atoms with Gasteiger partial charge in [0.2, 0.25) is 0 Å². The average molecular weight is 177 g/mol. The lowest BCUT2D eigenvalue weighted by Gasteiger charge is -2.01. The largest absolute Gasteiger partial charge is 0.207 e. The molecule has 11 heavy (non-hydrogen) atoms. The zero-order valence-corrected chi connectivity index (χ0v) is 6.75. The van der Waals surface area contributed by atoms with Crippen molar-refractivity contribution in [1.29, 1.82) is 0 Å². The molecule has 60 valence electrons. The van der Waals surface area contributed by atoms with Crippen molar-refractivity contribution < 1.29 is 8.78 Å². The van der Waals surface area contributed by atoms with Gasteiger partial charge in [0.05, 0.1) is 0 Å². The maximum atomic E-state index is 12.8. The van der Waals surface area contributed by atoms with Crippen molar-refractivity contribution in [3.8, 4) is 0 Å². The van der Waals surface area contributed by atoms with Gasteiger partial charge < -0.3 is 0 Å². The molecule has 0 saturated carbocycles. The molecule has 0 nitrogen and oxygen atoms in total. The maximum absolute atomic E-state index is 12.8. The molecule has 0 saturated heterocycles. The first-order valence-corrected chi connectivity index (χ1v) is 3.66. The van der Waals surface area contributed by atoms with Crippen molar-refractivity contribution in [2.24, 2.45) is 0 Å². The van der Waals surface area contributed by atoms with E-state index in [0.717, 1.165) is 12.1 Å². The molecule has 1 aromatic carbocycles. The lowest BCUT2D eigenvalue weighted by Crippen LogP contribution is -1.90. The molecule has 1 rings (SSSR count). The number of rotatable bonds is 1. The van der Waals surface area contributed by atoms with E-state index >= 15 is 0 Å². The minimum atomic E-state index is -0.635. The van der Waals surface area contributed by atoms with Crippen molar-refractivity contribution in [3.63, 3.8) is 0 Å². The van der Waals surface area contributed by atoms with E-state index in [1.54, 1.807) is 6.92 Å². The number of hydrogen-bond donors (Lipinski definition) is 0. The topological polar surface area (TPSA) is 0 Å². The summed E-state index contributed by atoms with van der Waals surface area (Å²) in [5, 5.41) is 0.157. The molecular weight excluding hydrogens is 170 g/mol. The van der Waals surface area contributed by atoms with Gasteiger partial charge in [-0.25, -0.2) is 8.78 Å². The molecule has 0 spiro atoms. The predicted molar refractivity (Wildman–Crippen MR) is 40.7 cm³/mol. The summed E-state index contributed by atoms with van der Waals surface area (Å²) < 4.78 is 25.2. The van der Waals surface area contributed by atoms with Gasteiger partial charge in [-0.05, 0) is 12.5 Å². The Balaban J connectivity index is 3.25. The molecule has 0 atom stereocenters. The van der Waals surface area contributed by atoms with Gasteiger partial charge >= 0.3 is 0 Å². The Labute approximate surface area is 68.8 Å². The fourth-order valence-corrected chi connectivity index (χ4v) is 1.24. The zero-order valence-electron chi connectivity index (χ0n) is 6.00. The summed E-state index contributed by atoms with van der Waals surface area (Å²) >= 11 is 5.55. The molecule has 3 heteroatoms. The van der Waals surface area contributed by atoms with Gasteiger partial charge in [0, 0.05) is 16.7 Å². The van der Waals surface area contributed by atoms with E-state index in [-0.39, 0.29) is 5.02 Å². The maximum Gasteiger partial charge on any atom is 0.130 e. The van der Waals surface area contributed by atoms with Gasteiger partial charge in [0.1, 0.15) is 11.6 Å². The van der Waals surface area contributed by atoms with Gasteiger partial charge in [-0.2, -0.15) is 0 Å². The highest BCUT2D eigenvalue weighted by Gasteiger charge is 2.06. The first kappa shape index (κ1) is 8.47. The molecule has 0 fully saturated rings. The van der Waals surface area contributed by atoms with Crippen LogP contribution in [0, 0.1) is 11.6 Å². The summed E-state index contributed by atoms with van der Waals surface area (Å²) in [6.45, 7) is 1.77. The molecule has 0 aliphatic rings. The smallest absolute Gasteiger partial charge is 0.130 e. The van der Waals surface area contributed by atoms with Crippen molar-refractivity contribution in [2.75, 3.05) is 0 Å². The predicted octanol–water partition coefficient (Wildman–Crippen LogP) is 3.18. The van der Waals surface area contributed by atoms with E-state index < -0.39 is 11.6 Å². The summed E-state index contributed by atoms with van der Waals surface area (Å²) in [5.41, 5.74) is 0.369. The van der Waals surface area contributed by atoms with Crippen LogP contribution in [0.2, 0.25) is 5.02 Å². The van der Waals surface area contributed by atoms with Crippen molar-refractivity contribution >= 4 is 11.6 Å². The van der Waals surface area contributed by atoms with Gasteiger partial charge in [-0.1, -0.05) is 18.5 Å². The SMILES string of the molecule is CCc1c(F)cc(F)cc1Cl. The lowest BCUT2D eigenvalue weighted by molar-refractivity contribution is 0.574. The van der Waals surface area contributed by atoms with Crippen LogP contribution < -0.4 is 0 Å². The molecule has 0 heterocycles. The van der Waals surface area contributed by atoms with E-state index in [2.05, 4.69) is 0 Å². The van der Waals surface area contributed by atoms with Crippen LogP contribution >= 0.6 is 11.6 Å². The minimum Gasteiger partial charge on any atom is -0.207 e. The minimum absolute atomic E-state index is 0.157. The third-order valence-electron chi connectivity index (χ3n) is 1.46. The van der Waals surface area contributed by atoms with Crippen LogP contribution in [0.25, 0.3) is 0 Å². The molecule has 0 radical (unpaired) electrons. The molecule has 0 aromatic heterocycles. The summed E-state index contributed by atoms with van der Waals surface area (Å²) in [7, 11) is 0. The van der Waals surface area contributed by atoms with E-state index in [1.165, 1.54) is 0 Å². The molecule has 0 N–H and O–H groups in total. The van der Waals surface area contributed by atoms with Gasteiger partial charge in [0.25, 0.3) is 0 Å². The first-order chi connectivity index (χ1) is 5.15. The number of halogens is 3. The average Bonchev–Trinajstić information content (AvgIpc) is 1.85. The Bertz CT molecular complexity index is 248. The second-order valence-electron chi connectivity index (χ2n) is 2.20. The van der Waals surface area contributed by atoms with Crippen LogP contribution in [-0.2, 0) is 6.42 Å². The quantitative estimate of drug-likeness (QED) is 0.617. The van der Waals surface area contributed by atoms with E-state index in [4.69, 9.17) is 11.6 Å². The first-order valence-electron chi connectivity index (χ1n) is 3.28. The Morgan fingerprint density at radius 3 is 2.45 bits per heavy atom. The highest BCUT2D eigenvalue weighted by atomic mass is 35.5. The standard InChI is InChI=1S/C8H7ClF2/c1-2-6-7(9)3-5(10)4-8(6)11/h3-4H,2H2,1H3. The van der Waals surface area contributed by atoms with Crippen LogP contribution in [0.5, 0.6) is 0 Å². The van der Waals surface area contributed by atoms with Crippen LogP contribution in [0.3, 0.4) is 0 Å². The van der Waals surface area contributed by atoms with E-state index in [1.807, 2.05) is 0 Å². The fourth-order valence-electron chi connectivity index (χ4n) is 0.910. The summed E-state index contributed by atoms with van der Waals surface area (Å²) in [6, 6.07) is 1.95. The summed E-state index contributed by atoms with van der Waals surface area (Å²) in [6.07, 6.45) is 0.477. The molecule has 1 aromatic rings. The van der Waals surface area contributed by atoms with Gasteiger partial charge in [-0.3, -0.25) is 0 Å². The molecule has 0 unspecified atom stereocenters. The molecule has 0 bridgehead atoms. The van der Waals surface area contributed by atoms with Gasteiger partial charge in [0.15, 0.2) is 0 Å². The van der Waals surface area contributed by atoms with Crippen molar-refractivity contribution in [2.45, 2.75) is 13.3 Å². The molecule has 0 amide bonds. The second kappa shape index (κ2) is 3.18. The number of benzene rings is 1. The van der Waals surface area contributed by atoms with Gasteiger partial charge in [-0.15, -0.1) is 0 Å². The number of hydrogen-bond acceptors (Lipinski definition) is 0. The van der Waals surface area contributed by atoms with Crippen molar-refractivity contribution in [3.05, 3.63) is 34.4 Å². The Kier molecular flexibility index (Phi) is 2.45. The van der Waals surface area contributed by atoms with Crippen LogP contribution in [-0.4, -0.2) is 0 Å². The van der Waals surface area contributed by atoms with Crippen molar-refractivity contribution in [1.82, 2.24) is 0 Å². The normalized spacial score (nSPS) is 10.2. The van der Waals surface area contributed by atoms with Crippen LogP contribution in [0.4, 0.5) is 8.78 Å². The Hall–Kier alpha value is -0.630. The highest BCUT2D eigenvalue weighted by Crippen LogP contribution is 2.20. The lowest BCUT2D eigenvalue weighted by atomic mass is 10.1. The van der Waals surface area contributed by atoms with E-state index in [9.17, 15) is 8.78 Å². The molecule has 0 aliphatic heterocycles. The third-order valence-corrected chi connectivity index (χ3v) is 1.80. The summed E-state index contributed by atoms with van der Waals surface area (Å²) in [5.74, 6) is -1.21. The van der Waals surface area contributed by atoms with E-state index in [0.29, 0.717) is 12.0 Å². The van der Waals surface area contributed by atoms with Crippen LogP contribution in [0.15, 0.2) is 12.1 Å². The summed E-state index contributed by atoms with van der Waals surface area (Å²) in [4.78, 5) is 0. The second-order valence-corrected chi connectivity index (χ2v) is 2.61. The van der Waals surface area contributed by atoms with Crippen LogP contribution in [0.1, 0.15) is 12.5 Å². The highest BCUT2D eigenvalue weighted by molar-refractivity contribution is 6.31. The fraction of sp³-hybridized carbons (Fsp3) is 0.250. The Morgan fingerprint density at radius 1 is 1.36 bits per heavy atom. The monoisotopic (exact) mass is 176 g/mol. The zero-order chi connectivity index (χ0) is 8.43. The molecular formula is C8H7ClF2. The molecule has 0 aliphatic carbocycles. The third kappa shape index (κ3) is 1.69.